The summed E-state index contributed by atoms with van der Waals surface area (Å²) in [5.41, 5.74) is 0.919. The van der Waals surface area contributed by atoms with Crippen molar-refractivity contribution in [1.29, 1.82) is 0 Å². The molecule has 0 fully saturated rings. The van der Waals surface area contributed by atoms with E-state index >= 15 is 0 Å². The van der Waals surface area contributed by atoms with Crippen molar-refractivity contribution in [2.45, 2.75) is 19.9 Å². The van der Waals surface area contributed by atoms with Gasteiger partial charge in [-0.3, -0.25) is 10.1 Å². The maximum atomic E-state index is 10.9. The van der Waals surface area contributed by atoms with Gasteiger partial charge in [-0.05, 0) is 20.5 Å². The fourth-order valence-corrected chi connectivity index (χ4v) is 1.76. The van der Waals surface area contributed by atoms with E-state index in [1.165, 1.54) is 0 Å². The zero-order chi connectivity index (χ0) is 13.5. The van der Waals surface area contributed by atoms with Crippen LogP contribution in [-0.2, 0) is 0 Å². The van der Waals surface area contributed by atoms with Crippen LogP contribution in [0, 0.1) is 10.1 Å². The lowest BCUT2D eigenvalue weighted by atomic mass is 10.1. The summed E-state index contributed by atoms with van der Waals surface area (Å²) in [7, 11) is 2.05. The number of benzene rings is 1. The summed E-state index contributed by atoms with van der Waals surface area (Å²) in [6, 6.07) is 6.86. The third-order valence-electron chi connectivity index (χ3n) is 3.08. The van der Waals surface area contributed by atoms with Crippen LogP contribution in [0.3, 0.4) is 0 Å². The van der Waals surface area contributed by atoms with Gasteiger partial charge in [-0.25, -0.2) is 0 Å². The van der Waals surface area contributed by atoms with E-state index in [-0.39, 0.29) is 16.7 Å². The number of nitrogens with zero attached hydrogens (tertiary/aromatic N) is 2. The number of hydrogen-bond acceptors (Lipinski definition) is 4. The van der Waals surface area contributed by atoms with Crippen molar-refractivity contribution in [3.05, 3.63) is 39.9 Å². The normalized spacial score (nSPS) is 12.7. The number of nitro groups is 1. The fraction of sp³-hybridized carbons (Fsp3) is 0.538. The summed E-state index contributed by atoms with van der Waals surface area (Å²) in [4.78, 5) is 12.8. The Labute approximate surface area is 108 Å². The van der Waals surface area contributed by atoms with Crippen molar-refractivity contribution in [3.8, 4) is 0 Å². The lowest BCUT2D eigenvalue weighted by Gasteiger charge is -2.18. The Hall–Kier alpha value is -1.46. The van der Waals surface area contributed by atoms with Crippen LogP contribution in [0.15, 0.2) is 24.3 Å². The summed E-state index contributed by atoms with van der Waals surface area (Å²) in [6.07, 6.45) is 0. The van der Waals surface area contributed by atoms with Gasteiger partial charge in [-0.1, -0.05) is 25.1 Å². The summed E-state index contributed by atoms with van der Waals surface area (Å²) < 4.78 is 0. The molecule has 1 aromatic rings. The summed E-state index contributed by atoms with van der Waals surface area (Å²) >= 11 is 0. The maximum Gasteiger partial charge on any atom is 0.274 e. The van der Waals surface area contributed by atoms with E-state index in [0.29, 0.717) is 0 Å². The van der Waals surface area contributed by atoms with E-state index in [1.54, 1.807) is 18.2 Å². The highest BCUT2D eigenvalue weighted by atomic mass is 16.6. The molecule has 1 atom stereocenters. The van der Waals surface area contributed by atoms with Crippen molar-refractivity contribution in [2.24, 2.45) is 0 Å². The zero-order valence-corrected chi connectivity index (χ0v) is 11.2. The third kappa shape index (κ3) is 4.09. The van der Waals surface area contributed by atoms with Gasteiger partial charge < -0.3 is 10.2 Å². The van der Waals surface area contributed by atoms with E-state index in [9.17, 15) is 10.1 Å². The number of rotatable bonds is 7. The van der Waals surface area contributed by atoms with Crippen molar-refractivity contribution in [1.82, 2.24) is 10.2 Å². The molecule has 0 aliphatic heterocycles. The second-order valence-corrected chi connectivity index (χ2v) is 4.39. The average Bonchev–Trinajstić information content (AvgIpc) is 2.38. The first-order chi connectivity index (χ1) is 8.56. The third-order valence-corrected chi connectivity index (χ3v) is 3.08. The number of likely N-dealkylation sites (N-methyl/N-ethyl adjacent to an activating group) is 1. The van der Waals surface area contributed by atoms with Crippen LogP contribution in [-0.4, -0.2) is 36.5 Å². The standard InChI is InChI=1S/C13H21N3O2/c1-4-15(3)10-9-14-11(2)12-7-5-6-8-13(12)16(17)18/h5-8,11,14H,4,9-10H2,1-3H3. The highest BCUT2D eigenvalue weighted by Gasteiger charge is 2.17. The van der Waals surface area contributed by atoms with Crippen molar-refractivity contribution in [2.75, 3.05) is 26.7 Å². The Morgan fingerprint density at radius 1 is 1.44 bits per heavy atom. The molecule has 5 heteroatoms. The van der Waals surface area contributed by atoms with Gasteiger partial charge in [0.15, 0.2) is 0 Å². The maximum absolute atomic E-state index is 10.9. The molecule has 0 saturated heterocycles. The van der Waals surface area contributed by atoms with E-state index < -0.39 is 0 Å². The molecule has 0 aliphatic carbocycles. The van der Waals surface area contributed by atoms with Gasteiger partial charge in [0.05, 0.1) is 4.92 Å². The fourth-order valence-electron chi connectivity index (χ4n) is 1.76. The molecule has 0 aliphatic rings. The molecular weight excluding hydrogens is 230 g/mol. The predicted octanol–water partition coefficient (Wildman–Crippen LogP) is 2.20. The quantitative estimate of drug-likeness (QED) is 0.596. The highest BCUT2D eigenvalue weighted by Crippen LogP contribution is 2.23. The Morgan fingerprint density at radius 3 is 2.72 bits per heavy atom. The first-order valence-electron chi connectivity index (χ1n) is 6.21. The molecule has 0 radical (unpaired) electrons. The van der Waals surface area contributed by atoms with Gasteiger partial charge in [0.25, 0.3) is 5.69 Å². The van der Waals surface area contributed by atoms with Crippen LogP contribution >= 0.6 is 0 Å². The second kappa shape index (κ2) is 7.08. The topological polar surface area (TPSA) is 58.4 Å². The lowest BCUT2D eigenvalue weighted by Crippen LogP contribution is -2.30. The van der Waals surface area contributed by atoms with Crippen LogP contribution in [0.1, 0.15) is 25.5 Å². The molecule has 0 saturated carbocycles. The first-order valence-corrected chi connectivity index (χ1v) is 6.21. The smallest absolute Gasteiger partial charge is 0.274 e. The van der Waals surface area contributed by atoms with Gasteiger partial charge in [0.1, 0.15) is 0 Å². The summed E-state index contributed by atoms with van der Waals surface area (Å²) in [5, 5.41) is 14.2. The van der Waals surface area contributed by atoms with Gasteiger partial charge in [0, 0.05) is 30.8 Å². The Balaban J connectivity index is 2.61. The molecule has 0 heterocycles. The highest BCUT2D eigenvalue weighted by molar-refractivity contribution is 5.41. The second-order valence-electron chi connectivity index (χ2n) is 4.39. The van der Waals surface area contributed by atoms with Crippen LogP contribution in [0.5, 0.6) is 0 Å². The molecule has 0 spiro atoms. The molecule has 0 aromatic heterocycles. The SMILES string of the molecule is CCN(C)CCNC(C)c1ccccc1[N+](=O)[O-]. The summed E-state index contributed by atoms with van der Waals surface area (Å²) in [6.45, 7) is 6.81. The minimum absolute atomic E-state index is 0.0168. The molecule has 5 nitrogen and oxygen atoms in total. The van der Waals surface area contributed by atoms with Crippen molar-refractivity contribution in [3.63, 3.8) is 0 Å². The molecule has 1 rings (SSSR count). The Bertz CT molecular complexity index is 396. The monoisotopic (exact) mass is 251 g/mol. The number of nitrogens with one attached hydrogen (secondary N) is 1. The molecule has 1 N–H and O–H groups in total. The molecule has 0 bridgehead atoms. The molecule has 18 heavy (non-hydrogen) atoms. The van der Waals surface area contributed by atoms with Crippen LogP contribution in [0.4, 0.5) is 5.69 Å². The Kier molecular flexibility index (Phi) is 5.74. The molecule has 100 valence electrons. The molecular formula is C13H21N3O2. The van der Waals surface area contributed by atoms with Gasteiger partial charge in [-0.15, -0.1) is 0 Å². The van der Waals surface area contributed by atoms with Crippen LogP contribution in [0.2, 0.25) is 0 Å². The van der Waals surface area contributed by atoms with E-state index in [1.807, 2.05) is 13.0 Å². The lowest BCUT2D eigenvalue weighted by molar-refractivity contribution is -0.385. The van der Waals surface area contributed by atoms with E-state index in [2.05, 4.69) is 24.2 Å². The van der Waals surface area contributed by atoms with Crippen molar-refractivity contribution < 1.29 is 4.92 Å². The van der Waals surface area contributed by atoms with Crippen molar-refractivity contribution >= 4 is 5.69 Å². The summed E-state index contributed by atoms with van der Waals surface area (Å²) in [5.74, 6) is 0. The van der Waals surface area contributed by atoms with Crippen LogP contribution in [0.25, 0.3) is 0 Å². The minimum Gasteiger partial charge on any atom is -0.309 e. The largest absolute Gasteiger partial charge is 0.309 e. The van der Waals surface area contributed by atoms with Gasteiger partial charge >= 0.3 is 0 Å². The molecule has 0 amide bonds. The molecule has 1 aromatic carbocycles. The van der Waals surface area contributed by atoms with E-state index in [0.717, 1.165) is 25.2 Å². The van der Waals surface area contributed by atoms with Gasteiger partial charge in [0.2, 0.25) is 0 Å². The first kappa shape index (κ1) is 14.6. The Morgan fingerprint density at radius 2 is 2.11 bits per heavy atom. The van der Waals surface area contributed by atoms with Gasteiger partial charge in [-0.2, -0.15) is 0 Å². The van der Waals surface area contributed by atoms with Crippen LogP contribution < -0.4 is 5.32 Å². The minimum atomic E-state index is -0.328. The molecule has 1 unspecified atom stereocenters. The predicted molar refractivity (Wildman–Crippen MR) is 72.7 cm³/mol. The van der Waals surface area contributed by atoms with E-state index in [4.69, 9.17) is 0 Å². The number of para-hydroxylation sites is 1. The number of nitro benzene ring substituents is 1. The zero-order valence-electron chi connectivity index (χ0n) is 11.2. The average molecular weight is 251 g/mol. The number of hydrogen-bond donors (Lipinski definition) is 1.